The third kappa shape index (κ3) is 2.12. The van der Waals surface area contributed by atoms with Crippen LogP contribution in [0.3, 0.4) is 0 Å². The Morgan fingerprint density at radius 2 is 1.94 bits per heavy atom. The number of hydrogen-bond donors (Lipinski definition) is 2. The zero-order chi connectivity index (χ0) is 12.6. The summed E-state index contributed by atoms with van der Waals surface area (Å²) in [5.41, 5.74) is 4.13. The van der Waals surface area contributed by atoms with E-state index in [1.54, 1.807) is 0 Å². The molecule has 3 N–H and O–H groups in total. The van der Waals surface area contributed by atoms with Gasteiger partial charge in [-0.05, 0) is 19.3 Å². The van der Waals surface area contributed by atoms with Gasteiger partial charge in [0.05, 0.1) is 11.2 Å². The monoisotopic (exact) mass is 244 g/mol. The second-order valence-electron chi connectivity index (χ2n) is 4.21. The van der Waals surface area contributed by atoms with E-state index in [0.29, 0.717) is 18.9 Å². The second-order valence-corrected chi connectivity index (χ2v) is 4.21. The van der Waals surface area contributed by atoms with Crippen LogP contribution in [0, 0.1) is 17.5 Å². The van der Waals surface area contributed by atoms with Crippen LogP contribution in [0.2, 0.25) is 0 Å². The highest BCUT2D eigenvalue weighted by atomic mass is 19.2. The van der Waals surface area contributed by atoms with Crippen LogP contribution in [0.1, 0.15) is 19.3 Å². The van der Waals surface area contributed by atoms with Crippen molar-refractivity contribution in [2.45, 2.75) is 24.8 Å². The second kappa shape index (κ2) is 4.03. The van der Waals surface area contributed by atoms with E-state index in [4.69, 9.17) is 5.73 Å². The first-order valence-corrected chi connectivity index (χ1v) is 5.17. The van der Waals surface area contributed by atoms with Gasteiger partial charge in [0.2, 0.25) is 5.91 Å². The number of carbonyl (C=O) groups is 1. The molecular formula is C11H11F3N2O. The van der Waals surface area contributed by atoms with Gasteiger partial charge in [0.15, 0.2) is 11.6 Å². The molecule has 1 fully saturated rings. The number of amides is 1. The Hall–Kier alpha value is -1.56. The molecule has 1 saturated carbocycles. The number of carbonyl (C=O) groups excluding carboxylic acids is 1. The molecule has 3 nitrogen and oxygen atoms in total. The molecule has 0 spiro atoms. The predicted octanol–water partition coefficient (Wildman–Crippen LogP) is 1.92. The molecule has 0 bridgehead atoms. The minimum Gasteiger partial charge on any atom is -0.322 e. The number of hydrogen-bond acceptors (Lipinski definition) is 2. The van der Waals surface area contributed by atoms with Crippen LogP contribution in [-0.2, 0) is 4.79 Å². The van der Waals surface area contributed by atoms with E-state index in [1.165, 1.54) is 0 Å². The highest BCUT2D eigenvalue weighted by molar-refractivity contribution is 5.98. The first kappa shape index (κ1) is 11.9. The summed E-state index contributed by atoms with van der Waals surface area (Å²) in [6.45, 7) is 0. The smallest absolute Gasteiger partial charge is 0.244 e. The van der Waals surface area contributed by atoms with Crippen molar-refractivity contribution in [3.05, 3.63) is 29.6 Å². The Balaban J connectivity index is 2.21. The molecule has 0 aliphatic heterocycles. The molecule has 0 heterocycles. The number of anilines is 1. The minimum atomic E-state index is -1.35. The van der Waals surface area contributed by atoms with Gasteiger partial charge in [-0.2, -0.15) is 0 Å². The topological polar surface area (TPSA) is 55.1 Å². The van der Waals surface area contributed by atoms with E-state index in [9.17, 15) is 18.0 Å². The Morgan fingerprint density at radius 3 is 2.47 bits per heavy atom. The third-order valence-electron chi connectivity index (χ3n) is 2.94. The fraction of sp³-hybridized carbons (Fsp3) is 0.364. The molecular weight excluding hydrogens is 233 g/mol. The molecule has 1 aromatic rings. The average molecular weight is 244 g/mol. The van der Waals surface area contributed by atoms with Gasteiger partial charge in [0.25, 0.3) is 0 Å². The van der Waals surface area contributed by atoms with Crippen molar-refractivity contribution in [1.29, 1.82) is 0 Å². The van der Waals surface area contributed by atoms with Crippen molar-refractivity contribution in [3.8, 4) is 0 Å². The average Bonchev–Trinajstić information content (AvgIpc) is 2.21. The van der Waals surface area contributed by atoms with Gasteiger partial charge in [0.1, 0.15) is 5.82 Å². The van der Waals surface area contributed by atoms with Crippen LogP contribution in [0.25, 0.3) is 0 Å². The molecule has 1 aromatic carbocycles. The Morgan fingerprint density at radius 1 is 1.29 bits per heavy atom. The lowest BCUT2D eigenvalue weighted by atomic mass is 9.77. The number of rotatable bonds is 2. The molecule has 1 aliphatic rings. The van der Waals surface area contributed by atoms with Gasteiger partial charge in [-0.25, -0.2) is 13.2 Å². The molecule has 1 aliphatic carbocycles. The van der Waals surface area contributed by atoms with Crippen molar-refractivity contribution in [3.63, 3.8) is 0 Å². The minimum absolute atomic E-state index is 0.409. The number of nitrogens with two attached hydrogens (primary N) is 1. The SMILES string of the molecule is NC1(C(=O)Nc2cc(F)cc(F)c2F)CCC1. The van der Waals surface area contributed by atoms with Crippen molar-refractivity contribution in [1.82, 2.24) is 0 Å². The highest BCUT2D eigenvalue weighted by Gasteiger charge is 2.40. The maximum atomic E-state index is 13.3. The molecule has 92 valence electrons. The number of halogens is 3. The fourth-order valence-electron chi connectivity index (χ4n) is 1.68. The van der Waals surface area contributed by atoms with Crippen LogP contribution in [0.15, 0.2) is 12.1 Å². The first-order valence-electron chi connectivity index (χ1n) is 5.17. The van der Waals surface area contributed by atoms with E-state index < -0.39 is 34.6 Å². The molecule has 0 atom stereocenters. The van der Waals surface area contributed by atoms with Crippen LogP contribution >= 0.6 is 0 Å². The summed E-state index contributed by atoms with van der Waals surface area (Å²) in [5.74, 6) is -4.21. The maximum Gasteiger partial charge on any atom is 0.244 e. The predicted molar refractivity (Wildman–Crippen MR) is 55.7 cm³/mol. The summed E-state index contributed by atoms with van der Waals surface area (Å²) in [7, 11) is 0. The normalized spacial score (nSPS) is 17.4. The quantitative estimate of drug-likeness (QED) is 0.781. The largest absolute Gasteiger partial charge is 0.322 e. The van der Waals surface area contributed by atoms with Crippen molar-refractivity contribution in [2.24, 2.45) is 5.73 Å². The Bertz CT molecular complexity index is 472. The molecule has 0 saturated heterocycles. The van der Waals surface area contributed by atoms with Crippen LogP contribution < -0.4 is 11.1 Å². The number of nitrogens with one attached hydrogen (secondary N) is 1. The Labute approximate surface area is 95.8 Å². The van der Waals surface area contributed by atoms with E-state index >= 15 is 0 Å². The maximum absolute atomic E-state index is 13.3. The fourth-order valence-corrected chi connectivity index (χ4v) is 1.68. The molecule has 1 amide bonds. The van der Waals surface area contributed by atoms with E-state index in [1.807, 2.05) is 0 Å². The van der Waals surface area contributed by atoms with Gasteiger partial charge in [-0.3, -0.25) is 4.79 Å². The summed E-state index contributed by atoms with van der Waals surface area (Å²) in [5, 5.41) is 2.12. The van der Waals surface area contributed by atoms with E-state index in [0.717, 1.165) is 12.5 Å². The van der Waals surface area contributed by atoms with Crippen molar-refractivity contribution >= 4 is 11.6 Å². The molecule has 0 aromatic heterocycles. The lowest BCUT2D eigenvalue weighted by Gasteiger charge is -2.36. The standard InChI is InChI=1S/C11H11F3N2O/c12-6-4-7(13)9(14)8(5-6)16-10(17)11(15)2-1-3-11/h4-5H,1-3,15H2,(H,16,17). The third-order valence-corrected chi connectivity index (χ3v) is 2.94. The van der Waals surface area contributed by atoms with Crippen LogP contribution in [-0.4, -0.2) is 11.4 Å². The lowest BCUT2D eigenvalue weighted by Crippen LogP contribution is -2.56. The first-order chi connectivity index (χ1) is 7.92. The van der Waals surface area contributed by atoms with Crippen molar-refractivity contribution < 1.29 is 18.0 Å². The molecule has 17 heavy (non-hydrogen) atoms. The van der Waals surface area contributed by atoms with Crippen LogP contribution in [0.4, 0.5) is 18.9 Å². The zero-order valence-corrected chi connectivity index (χ0v) is 8.90. The molecule has 6 heteroatoms. The van der Waals surface area contributed by atoms with Gasteiger partial charge in [-0.1, -0.05) is 0 Å². The van der Waals surface area contributed by atoms with Crippen LogP contribution in [0.5, 0.6) is 0 Å². The summed E-state index contributed by atoms with van der Waals surface area (Å²) in [6.07, 6.45) is 1.78. The number of benzene rings is 1. The molecule has 0 radical (unpaired) electrons. The Kier molecular flexibility index (Phi) is 2.82. The summed E-state index contributed by atoms with van der Waals surface area (Å²) < 4.78 is 39.0. The molecule has 2 rings (SSSR count). The summed E-state index contributed by atoms with van der Waals surface area (Å²) in [4.78, 5) is 11.6. The van der Waals surface area contributed by atoms with Gasteiger partial charge < -0.3 is 11.1 Å². The lowest BCUT2D eigenvalue weighted by molar-refractivity contribution is -0.123. The van der Waals surface area contributed by atoms with Gasteiger partial charge in [0, 0.05) is 12.1 Å². The highest BCUT2D eigenvalue weighted by Crippen LogP contribution is 2.31. The molecule has 0 unspecified atom stereocenters. The summed E-state index contributed by atoms with van der Waals surface area (Å²) in [6, 6.07) is 1.13. The summed E-state index contributed by atoms with van der Waals surface area (Å²) >= 11 is 0. The van der Waals surface area contributed by atoms with Gasteiger partial charge in [-0.15, -0.1) is 0 Å². The van der Waals surface area contributed by atoms with E-state index in [-0.39, 0.29) is 0 Å². The van der Waals surface area contributed by atoms with Gasteiger partial charge >= 0.3 is 0 Å². The van der Waals surface area contributed by atoms with Crippen molar-refractivity contribution in [2.75, 3.05) is 5.32 Å². The van der Waals surface area contributed by atoms with E-state index in [2.05, 4.69) is 5.32 Å². The zero-order valence-electron chi connectivity index (χ0n) is 8.90.